The summed E-state index contributed by atoms with van der Waals surface area (Å²) in [6, 6.07) is 14.5. The Morgan fingerprint density at radius 1 is 1.26 bits per heavy atom. The molecule has 0 radical (unpaired) electrons. The molecule has 0 fully saturated rings. The van der Waals surface area contributed by atoms with Crippen LogP contribution in [0.1, 0.15) is 10.4 Å². The molecule has 34 heavy (non-hydrogen) atoms. The van der Waals surface area contributed by atoms with Crippen LogP contribution in [0.15, 0.2) is 58.3 Å². The smallest absolute Gasteiger partial charge is 0.258 e. The van der Waals surface area contributed by atoms with E-state index in [-0.39, 0.29) is 30.2 Å². The fraction of sp³-hybridized carbons (Fsp3) is 0.130. The Kier molecular flexibility index (Phi) is 5.75. The molecule has 0 amide bonds. The van der Waals surface area contributed by atoms with Crippen molar-refractivity contribution in [1.82, 2.24) is 4.57 Å². The van der Waals surface area contributed by atoms with Crippen LogP contribution < -0.4 is 14.2 Å². The maximum Gasteiger partial charge on any atom is 0.258 e. The third kappa shape index (κ3) is 4.24. The van der Waals surface area contributed by atoms with Gasteiger partial charge in [-0.15, -0.1) is 11.3 Å². The zero-order valence-corrected chi connectivity index (χ0v) is 19.4. The number of methoxy groups -OCH3 is 1. The molecule has 0 unspecified atom stereocenters. The van der Waals surface area contributed by atoms with Crippen molar-refractivity contribution in [2.45, 2.75) is 6.54 Å². The quantitative estimate of drug-likeness (QED) is 0.510. The van der Waals surface area contributed by atoms with Crippen molar-refractivity contribution < 1.29 is 24.1 Å². The minimum atomic E-state index is -0.0296. The van der Waals surface area contributed by atoms with Crippen LogP contribution in [0.3, 0.4) is 0 Å². The van der Waals surface area contributed by atoms with Gasteiger partial charge in [-0.2, -0.15) is 10.3 Å². The molecule has 0 saturated heterocycles. The second-order valence-corrected chi connectivity index (χ2v) is 8.78. The Labute approximate surface area is 203 Å². The van der Waals surface area contributed by atoms with Gasteiger partial charge in [-0.3, -0.25) is 4.57 Å². The first-order chi connectivity index (χ1) is 16.5. The first-order valence-corrected chi connectivity index (χ1v) is 11.2. The molecule has 170 valence electrons. The first kappa shape index (κ1) is 21.7. The number of nitrogens with zero attached hydrogens (tertiary/aromatic N) is 4. The van der Waals surface area contributed by atoms with Crippen LogP contribution in [0, 0.1) is 15.3 Å². The van der Waals surface area contributed by atoms with Crippen LogP contribution in [-0.2, 0) is 11.3 Å². The van der Waals surface area contributed by atoms with Gasteiger partial charge in [0.2, 0.25) is 24.3 Å². The average molecular weight is 493 g/mol. The molecule has 5 rings (SSSR count). The number of hydrogen-bond acceptors (Lipinski definition) is 10. The lowest BCUT2D eigenvalue weighted by Gasteiger charge is -2.06. The number of ether oxygens (including phenoxy) is 4. The van der Waals surface area contributed by atoms with E-state index in [4.69, 9.17) is 31.2 Å². The minimum Gasteiger partial charge on any atom is -0.497 e. The summed E-state index contributed by atoms with van der Waals surface area (Å²) in [7, 11) is 1.57. The van der Waals surface area contributed by atoms with Crippen molar-refractivity contribution in [3.63, 3.8) is 0 Å². The molecule has 0 spiro atoms. The maximum absolute atomic E-state index is 10.8. The van der Waals surface area contributed by atoms with Gasteiger partial charge >= 0.3 is 0 Å². The van der Waals surface area contributed by atoms with Gasteiger partial charge in [0.25, 0.3) is 5.90 Å². The maximum atomic E-state index is 10.8. The lowest BCUT2D eigenvalue weighted by Crippen LogP contribution is -2.07. The molecule has 3 heterocycles. The number of thiazole rings is 1. The topological polar surface area (TPSA) is 111 Å². The van der Waals surface area contributed by atoms with Crippen LogP contribution >= 0.6 is 23.6 Å². The molecule has 0 bridgehead atoms. The fourth-order valence-electron chi connectivity index (χ4n) is 3.29. The number of aliphatic imine (C=N–C) groups is 2. The average Bonchev–Trinajstić information content (AvgIpc) is 3.54. The van der Waals surface area contributed by atoms with Gasteiger partial charge in [-0.25, -0.2) is 4.99 Å². The summed E-state index contributed by atoms with van der Waals surface area (Å²) in [6.45, 7) is 0.535. The second kappa shape index (κ2) is 9.01. The van der Waals surface area contributed by atoms with Gasteiger partial charge in [0.1, 0.15) is 11.8 Å². The van der Waals surface area contributed by atoms with Crippen LogP contribution in [0.5, 0.6) is 23.1 Å². The highest BCUT2D eigenvalue weighted by molar-refractivity contribution is 7.73. The predicted octanol–water partition coefficient (Wildman–Crippen LogP) is 4.79. The van der Waals surface area contributed by atoms with E-state index in [1.54, 1.807) is 35.9 Å². The van der Waals surface area contributed by atoms with Crippen molar-refractivity contribution in [2.75, 3.05) is 13.9 Å². The summed E-state index contributed by atoms with van der Waals surface area (Å²) < 4.78 is 23.6. The van der Waals surface area contributed by atoms with Gasteiger partial charge in [-0.1, -0.05) is 6.07 Å². The summed E-state index contributed by atoms with van der Waals surface area (Å²) in [5.74, 6) is 2.20. The van der Waals surface area contributed by atoms with Crippen molar-refractivity contribution >= 4 is 46.9 Å². The van der Waals surface area contributed by atoms with Crippen molar-refractivity contribution in [3.05, 3.63) is 62.7 Å². The standard InChI is InChI=1S/C23H16N4O5S2/c1-29-15-5-3-14(4-6-15)25-21-16(10-24)26-20(32-21)9-19-22(28)27(23(33)34-19)11-13-2-7-17-18(8-13)31-12-30-17/h2-9,28H,11-12H2,1H3/b20-9+,25-21?. The Hall–Kier alpha value is -4.14. The van der Waals surface area contributed by atoms with E-state index in [2.05, 4.69) is 9.98 Å². The first-order valence-electron chi connectivity index (χ1n) is 9.96. The number of nitriles is 1. The molecule has 0 saturated carbocycles. The van der Waals surface area contributed by atoms with Gasteiger partial charge < -0.3 is 24.1 Å². The summed E-state index contributed by atoms with van der Waals surface area (Å²) in [6.07, 6.45) is 1.53. The third-order valence-corrected chi connectivity index (χ3v) is 6.35. The molecule has 2 aliphatic heterocycles. The number of aromatic nitrogens is 1. The van der Waals surface area contributed by atoms with Gasteiger partial charge in [0.05, 0.1) is 24.2 Å². The molecule has 11 heteroatoms. The Bertz CT molecular complexity index is 1460. The summed E-state index contributed by atoms with van der Waals surface area (Å²) >= 11 is 6.65. The zero-order chi connectivity index (χ0) is 23.7. The molecule has 1 N–H and O–H groups in total. The molecule has 0 aliphatic carbocycles. The number of hydrogen-bond donors (Lipinski definition) is 1. The molecule has 2 aromatic carbocycles. The van der Waals surface area contributed by atoms with Crippen molar-refractivity contribution in [3.8, 4) is 29.2 Å². The molecule has 1 aromatic heterocycles. The SMILES string of the molecule is COc1ccc(N=C2O/C(=C/c3sc(=S)n(Cc4ccc5c(c4)OCO5)c3O)N=C2C#N)cc1. The lowest BCUT2D eigenvalue weighted by molar-refractivity contribution is 0.174. The van der Waals surface area contributed by atoms with E-state index >= 15 is 0 Å². The van der Waals surface area contributed by atoms with Crippen LogP contribution in [0.25, 0.3) is 6.08 Å². The third-order valence-electron chi connectivity index (χ3n) is 4.96. The number of benzene rings is 2. The van der Waals surface area contributed by atoms with Gasteiger partial charge in [-0.05, 0) is 54.2 Å². The van der Waals surface area contributed by atoms with Crippen LogP contribution in [0.2, 0.25) is 0 Å². The molecule has 2 aliphatic rings. The van der Waals surface area contributed by atoms with Crippen LogP contribution in [-0.4, -0.2) is 35.2 Å². The molecular weight excluding hydrogens is 476 g/mol. The van der Waals surface area contributed by atoms with E-state index in [0.29, 0.717) is 38.3 Å². The largest absolute Gasteiger partial charge is 0.497 e. The summed E-state index contributed by atoms with van der Waals surface area (Å²) in [5.41, 5.74) is 1.50. The number of fused-ring (bicyclic) bond motifs is 1. The van der Waals surface area contributed by atoms with Crippen LogP contribution in [0.4, 0.5) is 5.69 Å². The monoisotopic (exact) mass is 492 g/mol. The lowest BCUT2D eigenvalue weighted by atomic mass is 10.2. The van der Waals surface area contributed by atoms with Gasteiger partial charge in [0.15, 0.2) is 15.5 Å². The Balaban J connectivity index is 1.39. The van der Waals surface area contributed by atoms with Crippen molar-refractivity contribution in [2.24, 2.45) is 9.98 Å². The highest BCUT2D eigenvalue weighted by Gasteiger charge is 2.23. The normalized spacial score (nSPS) is 16.4. The number of rotatable bonds is 5. The van der Waals surface area contributed by atoms with E-state index < -0.39 is 0 Å². The highest BCUT2D eigenvalue weighted by atomic mass is 32.1. The van der Waals surface area contributed by atoms with Gasteiger partial charge in [0, 0.05) is 6.08 Å². The molecular formula is C23H16N4O5S2. The fourth-order valence-corrected chi connectivity index (χ4v) is 4.53. The Morgan fingerprint density at radius 2 is 2.06 bits per heavy atom. The van der Waals surface area contributed by atoms with Crippen molar-refractivity contribution in [1.29, 1.82) is 5.26 Å². The number of aromatic hydroxyl groups is 1. The van der Waals surface area contributed by atoms with E-state index in [1.165, 1.54) is 17.4 Å². The molecule has 3 aromatic rings. The zero-order valence-electron chi connectivity index (χ0n) is 17.7. The highest BCUT2D eigenvalue weighted by Crippen LogP contribution is 2.35. The molecule has 0 atom stereocenters. The summed E-state index contributed by atoms with van der Waals surface area (Å²) in [4.78, 5) is 8.97. The van der Waals surface area contributed by atoms with E-state index in [9.17, 15) is 10.4 Å². The molecule has 9 nitrogen and oxygen atoms in total. The van der Waals surface area contributed by atoms with E-state index in [1.807, 2.05) is 24.3 Å². The predicted molar refractivity (Wildman–Crippen MR) is 129 cm³/mol. The minimum absolute atomic E-state index is 0.0296. The summed E-state index contributed by atoms with van der Waals surface area (Å²) in [5, 5.41) is 20.2. The Morgan fingerprint density at radius 3 is 2.82 bits per heavy atom. The van der Waals surface area contributed by atoms with E-state index in [0.717, 1.165) is 5.56 Å². The second-order valence-electron chi connectivity index (χ2n) is 7.10.